The molecule has 0 radical (unpaired) electrons. The summed E-state index contributed by atoms with van der Waals surface area (Å²) >= 11 is 1.11. The second-order valence-electron chi connectivity index (χ2n) is 12.8. The number of aryl methyl sites for hydroxylation is 2. The number of phenolic OH excluding ortho intramolecular Hbond substituents is 1. The molecule has 10 heteroatoms. The average molecular weight is 642 g/mol. The molecule has 1 amide bonds. The minimum atomic E-state index is -4.50. The minimum Gasteiger partial charge on any atom is -0.511 e. The fourth-order valence-corrected chi connectivity index (χ4v) is 6.47. The van der Waals surface area contributed by atoms with E-state index in [0.717, 1.165) is 47.2 Å². The Hall–Kier alpha value is -3.92. The lowest BCUT2D eigenvalue weighted by Crippen LogP contribution is -2.44. The van der Waals surface area contributed by atoms with Crippen molar-refractivity contribution in [2.45, 2.75) is 82.9 Å². The molecule has 0 bridgehead atoms. The number of carbonyl (C=O) groups is 2. The number of amides is 1. The summed E-state index contributed by atoms with van der Waals surface area (Å²) in [6.45, 7) is 11.6. The molecule has 0 saturated carbocycles. The molecule has 0 aromatic heterocycles. The molecule has 3 aromatic rings. The van der Waals surface area contributed by atoms with Crippen LogP contribution in [0.1, 0.15) is 80.1 Å². The highest BCUT2D eigenvalue weighted by Gasteiger charge is 2.44. The highest BCUT2D eigenvalue weighted by atomic mass is 32.2. The number of aromatic hydroxyl groups is 1. The van der Waals surface area contributed by atoms with Gasteiger partial charge in [-0.15, -0.1) is 0 Å². The number of rotatable bonds is 8. The molecule has 1 atom stereocenters. The standard InChI is InChI=1S/C35H38F3NO5S/c1-20(2)34(16-15-22-7-13-25(40)14-8-22)19-28(41)30(32(43)44-34)45-29-17-21(3)27(18-26(29)33(4,5)6)39-31(42)23-9-11-24(12-10-23)35(36,37)38/h7-14,17-18,20,40-41H,15-16,19H2,1-6H3,(H,39,42)/t34-/m1/s1. The third-order valence-electron chi connectivity index (χ3n) is 8.10. The van der Waals surface area contributed by atoms with Gasteiger partial charge in [0.2, 0.25) is 0 Å². The average Bonchev–Trinajstić information content (AvgIpc) is 2.94. The molecule has 45 heavy (non-hydrogen) atoms. The zero-order valence-electron chi connectivity index (χ0n) is 26.1. The number of aliphatic hydroxyl groups excluding tert-OH is 1. The van der Waals surface area contributed by atoms with E-state index in [9.17, 15) is 33.0 Å². The molecule has 1 aliphatic heterocycles. The molecule has 0 aliphatic carbocycles. The van der Waals surface area contributed by atoms with Gasteiger partial charge in [-0.05, 0) is 96.3 Å². The third-order valence-corrected chi connectivity index (χ3v) is 9.27. The maximum absolute atomic E-state index is 13.5. The first-order valence-corrected chi connectivity index (χ1v) is 15.5. The second-order valence-corrected chi connectivity index (χ2v) is 13.8. The zero-order valence-corrected chi connectivity index (χ0v) is 26.9. The van der Waals surface area contributed by atoms with E-state index in [1.165, 1.54) is 0 Å². The van der Waals surface area contributed by atoms with Crippen LogP contribution in [-0.2, 0) is 27.5 Å². The highest BCUT2D eigenvalue weighted by Crippen LogP contribution is 2.46. The Bertz CT molecular complexity index is 1610. The van der Waals surface area contributed by atoms with Gasteiger partial charge >= 0.3 is 12.1 Å². The van der Waals surface area contributed by atoms with Crippen molar-refractivity contribution in [1.29, 1.82) is 0 Å². The largest absolute Gasteiger partial charge is 0.511 e. The first-order valence-electron chi connectivity index (χ1n) is 14.6. The van der Waals surface area contributed by atoms with Crippen LogP contribution in [0, 0.1) is 12.8 Å². The molecule has 3 aromatic carbocycles. The van der Waals surface area contributed by atoms with Crippen molar-refractivity contribution in [1.82, 2.24) is 0 Å². The van der Waals surface area contributed by atoms with E-state index in [1.807, 2.05) is 52.8 Å². The van der Waals surface area contributed by atoms with E-state index >= 15 is 0 Å². The predicted octanol–water partition coefficient (Wildman–Crippen LogP) is 9.11. The van der Waals surface area contributed by atoms with Gasteiger partial charge in [-0.1, -0.05) is 58.5 Å². The molecule has 240 valence electrons. The first kappa shape index (κ1) is 34.0. The lowest BCUT2D eigenvalue weighted by molar-refractivity contribution is -0.164. The van der Waals surface area contributed by atoms with E-state index in [2.05, 4.69) is 5.32 Å². The molecule has 1 heterocycles. The molecular formula is C35H38F3NO5S. The summed E-state index contributed by atoms with van der Waals surface area (Å²) in [6.07, 6.45) is -3.27. The van der Waals surface area contributed by atoms with Gasteiger partial charge in [-0.2, -0.15) is 13.2 Å². The number of nitrogens with one attached hydrogen (secondary N) is 1. The molecule has 0 spiro atoms. The van der Waals surface area contributed by atoms with Crippen molar-refractivity contribution in [2.24, 2.45) is 5.92 Å². The Labute approximate surface area is 265 Å². The van der Waals surface area contributed by atoms with Gasteiger partial charge in [0.15, 0.2) is 0 Å². The third kappa shape index (κ3) is 7.84. The molecule has 3 N–H and O–H groups in total. The zero-order chi connectivity index (χ0) is 33.3. The smallest absolute Gasteiger partial charge is 0.416 e. The SMILES string of the molecule is Cc1cc(SC2=C(O)C[C@](CCc3ccc(O)cc3)(C(C)C)OC2=O)c(C(C)(C)C)cc1NC(=O)c1ccc(C(F)(F)F)cc1. The van der Waals surface area contributed by atoms with Crippen molar-refractivity contribution >= 4 is 29.3 Å². The Morgan fingerprint density at radius 3 is 2.18 bits per heavy atom. The lowest BCUT2D eigenvalue weighted by Gasteiger charge is -2.40. The van der Waals surface area contributed by atoms with Gasteiger partial charge in [-0.3, -0.25) is 4.79 Å². The normalized spacial score (nSPS) is 17.4. The topological polar surface area (TPSA) is 95.9 Å². The number of alkyl halides is 3. The van der Waals surface area contributed by atoms with Crippen LogP contribution in [0.4, 0.5) is 18.9 Å². The van der Waals surface area contributed by atoms with Crippen LogP contribution < -0.4 is 5.32 Å². The van der Waals surface area contributed by atoms with Gasteiger partial charge < -0.3 is 20.3 Å². The Morgan fingerprint density at radius 2 is 1.64 bits per heavy atom. The fourth-order valence-electron chi connectivity index (χ4n) is 5.22. The number of halogens is 3. The summed E-state index contributed by atoms with van der Waals surface area (Å²) in [5, 5.41) is 23.6. The molecule has 0 saturated heterocycles. The van der Waals surface area contributed by atoms with Gasteiger partial charge in [0.25, 0.3) is 5.91 Å². The number of esters is 1. The van der Waals surface area contributed by atoms with Crippen LogP contribution in [0.15, 0.2) is 76.2 Å². The van der Waals surface area contributed by atoms with Crippen molar-refractivity contribution in [3.05, 3.63) is 99.1 Å². The van der Waals surface area contributed by atoms with Crippen LogP contribution in [0.25, 0.3) is 0 Å². The van der Waals surface area contributed by atoms with Crippen LogP contribution in [0.2, 0.25) is 0 Å². The van der Waals surface area contributed by atoms with E-state index in [1.54, 1.807) is 25.1 Å². The van der Waals surface area contributed by atoms with Crippen molar-refractivity contribution in [2.75, 3.05) is 5.32 Å². The van der Waals surface area contributed by atoms with Crippen molar-refractivity contribution in [3.63, 3.8) is 0 Å². The quantitative estimate of drug-likeness (QED) is 0.212. The van der Waals surface area contributed by atoms with Crippen LogP contribution in [0.5, 0.6) is 5.75 Å². The number of phenols is 1. The number of cyclic esters (lactones) is 1. The van der Waals surface area contributed by atoms with Crippen LogP contribution >= 0.6 is 11.8 Å². The van der Waals surface area contributed by atoms with Gasteiger partial charge in [-0.25, -0.2) is 4.79 Å². The summed E-state index contributed by atoms with van der Waals surface area (Å²) < 4.78 is 45.0. The van der Waals surface area contributed by atoms with E-state index in [-0.39, 0.29) is 34.3 Å². The van der Waals surface area contributed by atoms with Gasteiger partial charge in [0.05, 0.1) is 5.56 Å². The fraction of sp³-hybridized carbons (Fsp3) is 0.371. The molecule has 0 unspecified atom stereocenters. The predicted molar refractivity (Wildman–Crippen MR) is 169 cm³/mol. The van der Waals surface area contributed by atoms with Gasteiger partial charge in [0, 0.05) is 22.6 Å². The summed E-state index contributed by atoms with van der Waals surface area (Å²) in [4.78, 5) is 27.2. The number of hydrogen-bond donors (Lipinski definition) is 3. The maximum Gasteiger partial charge on any atom is 0.416 e. The molecule has 1 aliphatic rings. The molecule has 0 fully saturated rings. The van der Waals surface area contributed by atoms with Crippen LogP contribution in [-0.4, -0.2) is 27.7 Å². The molecule has 4 rings (SSSR count). The number of ether oxygens (including phenoxy) is 1. The Morgan fingerprint density at radius 1 is 1.02 bits per heavy atom. The minimum absolute atomic E-state index is 0.0483. The summed E-state index contributed by atoms with van der Waals surface area (Å²) in [5.74, 6) is -1.12. The van der Waals surface area contributed by atoms with Crippen LogP contribution in [0.3, 0.4) is 0 Å². The summed E-state index contributed by atoms with van der Waals surface area (Å²) in [6, 6.07) is 14.5. The second kappa shape index (κ2) is 12.8. The van der Waals surface area contributed by atoms with E-state index in [4.69, 9.17) is 4.74 Å². The van der Waals surface area contributed by atoms with E-state index < -0.39 is 34.6 Å². The maximum atomic E-state index is 13.5. The molecule has 6 nitrogen and oxygen atoms in total. The number of carbonyl (C=O) groups excluding carboxylic acids is 2. The highest BCUT2D eigenvalue weighted by molar-refractivity contribution is 8.04. The van der Waals surface area contributed by atoms with Crippen molar-refractivity contribution < 1.29 is 37.7 Å². The number of benzene rings is 3. The number of anilines is 1. The Kier molecular flexibility index (Phi) is 9.68. The number of aliphatic hydroxyl groups is 1. The number of hydrogen-bond acceptors (Lipinski definition) is 6. The van der Waals surface area contributed by atoms with Crippen molar-refractivity contribution in [3.8, 4) is 5.75 Å². The van der Waals surface area contributed by atoms with Gasteiger partial charge in [0.1, 0.15) is 22.0 Å². The number of thioether (sulfide) groups is 1. The molecular weight excluding hydrogens is 603 g/mol. The van der Waals surface area contributed by atoms with E-state index in [0.29, 0.717) is 29.0 Å². The Balaban J connectivity index is 1.59. The summed E-state index contributed by atoms with van der Waals surface area (Å²) in [5.41, 5.74) is 0.811. The summed E-state index contributed by atoms with van der Waals surface area (Å²) in [7, 11) is 0. The lowest BCUT2D eigenvalue weighted by atomic mass is 9.80. The first-order chi connectivity index (χ1) is 20.9. The monoisotopic (exact) mass is 641 g/mol.